The molecule has 118 valence electrons. The number of hydrogen-bond acceptors (Lipinski definition) is 3. The van der Waals surface area contributed by atoms with Crippen molar-refractivity contribution in [2.45, 2.75) is 64.3 Å². The summed E-state index contributed by atoms with van der Waals surface area (Å²) >= 11 is 0. The summed E-state index contributed by atoms with van der Waals surface area (Å²) in [7, 11) is 1.87. The lowest BCUT2D eigenvalue weighted by Crippen LogP contribution is -2.40. The summed E-state index contributed by atoms with van der Waals surface area (Å²) in [5.74, 6) is 1.34. The first-order valence-corrected chi connectivity index (χ1v) is 8.13. The lowest BCUT2D eigenvalue weighted by Gasteiger charge is -2.19. The predicted octanol–water partition coefficient (Wildman–Crippen LogP) is 2.78. The van der Waals surface area contributed by atoms with Crippen LogP contribution in [0.4, 0.5) is 5.82 Å². The Hall–Kier alpha value is -1.36. The lowest BCUT2D eigenvalue weighted by atomic mass is 9.87. The zero-order valence-corrected chi connectivity index (χ0v) is 13.4. The summed E-state index contributed by atoms with van der Waals surface area (Å²) in [6.45, 7) is 4.05. The standard InChI is InChI=1S/C16H28N4O/c1-4-11(2)15(17)16(21)18-14-10-13(19-20(14)3)12-8-6-5-7-9-12/h10-12,15H,4-9,17H2,1-3H3,(H,18,21). The molecule has 2 rings (SSSR count). The van der Waals surface area contributed by atoms with E-state index >= 15 is 0 Å². The fourth-order valence-electron chi connectivity index (χ4n) is 2.93. The van der Waals surface area contributed by atoms with Gasteiger partial charge < -0.3 is 11.1 Å². The van der Waals surface area contributed by atoms with Gasteiger partial charge in [0.25, 0.3) is 0 Å². The highest BCUT2D eigenvalue weighted by Gasteiger charge is 2.23. The molecule has 0 aliphatic heterocycles. The Morgan fingerprint density at radius 2 is 2.14 bits per heavy atom. The van der Waals surface area contributed by atoms with Gasteiger partial charge in [-0.15, -0.1) is 0 Å². The minimum atomic E-state index is -0.469. The van der Waals surface area contributed by atoms with Crippen molar-refractivity contribution < 1.29 is 4.79 Å². The van der Waals surface area contributed by atoms with Crippen LogP contribution >= 0.6 is 0 Å². The minimum absolute atomic E-state index is 0.123. The second-order valence-corrected chi connectivity index (χ2v) is 6.31. The SMILES string of the molecule is CCC(C)C(N)C(=O)Nc1cc(C2CCCCC2)nn1C. The Morgan fingerprint density at radius 3 is 2.76 bits per heavy atom. The van der Waals surface area contributed by atoms with Crippen LogP contribution in [0.1, 0.15) is 64.0 Å². The van der Waals surface area contributed by atoms with Gasteiger partial charge in [0.05, 0.1) is 11.7 Å². The van der Waals surface area contributed by atoms with E-state index in [1.165, 1.54) is 32.1 Å². The number of nitrogens with zero attached hydrogens (tertiary/aromatic N) is 2. The molecule has 5 nitrogen and oxygen atoms in total. The van der Waals surface area contributed by atoms with Crippen molar-refractivity contribution in [1.82, 2.24) is 9.78 Å². The Bertz CT molecular complexity index is 477. The quantitative estimate of drug-likeness (QED) is 0.876. The van der Waals surface area contributed by atoms with E-state index in [1.807, 2.05) is 27.0 Å². The molecule has 1 amide bonds. The van der Waals surface area contributed by atoms with E-state index in [1.54, 1.807) is 4.68 Å². The van der Waals surface area contributed by atoms with Gasteiger partial charge in [-0.1, -0.05) is 39.5 Å². The zero-order valence-electron chi connectivity index (χ0n) is 13.4. The molecule has 0 bridgehead atoms. The second kappa shape index (κ2) is 7.07. The topological polar surface area (TPSA) is 72.9 Å². The van der Waals surface area contributed by atoms with Gasteiger partial charge in [0, 0.05) is 19.0 Å². The molecule has 1 aromatic heterocycles. The average Bonchev–Trinajstić information content (AvgIpc) is 2.87. The van der Waals surface area contributed by atoms with Crippen LogP contribution in [-0.2, 0) is 11.8 Å². The van der Waals surface area contributed by atoms with Crippen molar-refractivity contribution >= 4 is 11.7 Å². The molecule has 2 unspecified atom stereocenters. The Kier molecular flexibility index (Phi) is 5.39. The van der Waals surface area contributed by atoms with Gasteiger partial charge >= 0.3 is 0 Å². The third-order valence-electron chi connectivity index (χ3n) is 4.73. The maximum atomic E-state index is 12.2. The van der Waals surface area contributed by atoms with Crippen LogP contribution in [-0.4, -0.2) is 21.7 Å². The fourth-order valence-corrected chi connectivity index (χ4v) is 2.93. The van der Waals surface area contributed by atoms with Gasteiger partial charge in [-0.25, -0.2) is 0 Å². The van der Waals surface area contributed by atoms with Gasteiger partial charge in [-0.2, -0.15) is 5.10 Å². The molecule has 1 saturated carbocycles. The monoisotopic (exact) mass is 292 g/mol. The van der Waals surface area contributed by atoms with E-state index in [-0.39, 0.29) is 11.8 Å². The summed E-state index contributed by atoms with van der Waals surface area (Å²) < 4.78 is 1.76. The van der Waals surface area contributed by atoms with Crippen molar-refractivity contribution in [3.8, 4) is 0 Å². The number of hydrogen-bond donors (Lipinski definition) is 2. The highest BCUT2D eigenvalue weighted by Crippen LogP contribution is 2.32. The summed E-state index contributed by atoms with van der Waals surface area (Å²) in [5.41, 5.74) is 7.08. The van der Waals surface area contributed by atoms with Crippen molar-refractivity contribution in [2.75, 3.05) is 5.32 Å². The lowest BCUT2D eigenvalue weighted by molar-refractivity contribution is -0.118. The molecular formula is C16H28N4O. The summed E-state index contributed by atoms with van der Waals surface area (Å²) in [6, 6.07) is 1.54. The van der Waals surface area contributed by atoms with Crippen molar-refractivity contribution in [3.63, 3.8) is 0 Å². The largest absolute Gasteiger partial charge is 0.320 e. The molecule has 1 aromatic rings. The number of amides is 1. The normalized spacial score (nSPS) is 19.2. The van der Waals surface area contributed by atoms with Crippen LogP contribution in [0.5, 0.6) is 0 Å². The van der Waals surface area contributed by atoms with Crippen LogP contribution in [0.3, 0.4) is 0 Å². The number of aryl methyl sites for hydroxylation is 1. The molecule has 0 saturated heterocycles. The summed E-state index contributed by atoms with van der Waals surface area (Å²) in [4.78, 5) is 12.2. The molecule has 1 aliphatic carbocycles. The molecular weight excluding hydrogens is 264 g/mol. The number of rotatable bonds is 5. The Morgan fingerprint density at radius 1 is 1.48 bits per heavy atom. The van der Waals surface area contributed by atoms with Crippen LogP contribution in [0, 0.1) is 5.92 Å². The van der Waals surface area contributed by atoms with E-state index in [0.717, 1.165) is 17.9 Å². The van der Waals surface area contributed by atoms with Gasteiger partial charge in [0.15, 0.2) is 0 Å². The molecule has 21 heavy (non-hydrogen) atoms. The molecule has 0 spiro atoms. The van der Waals surface area contributed by atoms with Gasteiger partial charge in [0.1, 0.15) is 5.82 Å². The third-order valence-corrected chi connectivity index (χ3v) is 4.73. The molecule has 1 heterocycles. The van der Waals surface area contributed by atoms with Crippen LogP contribution < -0.4 is 11.1 Å². The van der Waals surface area contributed by atoms with Crippen molar-refractivity contribution in [2.24, 2.45) is 18.7 Å². The predicted molar refractivity (Wildman–Crippen MR) is 85.1 cm³/mol. The number of nitrogens with one attached hydrogen (secondary N) is 1. The number of carbonyl (C=O) groups excluding carboxylic acids is 1. The Labute approximate surface area is 127 Å². The van der Waals surface area contributed by atoms with Crippen LogP contribution in [0.2, 0.25) is 0 Å². The van der Waals surface area contributed by atoms with E-state index in [9.17, 15) is 4.79 Å². The molecule has 3 N–H and O–H groups in total. The first kappa shape index (κ1) is 16.0. The third kappa shape index (κ3) is 3.84. The first-order valence-electron chi connectivity index (χ1n) is 8.13. The molecule has 1 fully saturated rings. The van der Waals surface area contributed by atoms with E-state index in [2.05, 4.69) is 10.4 Å². The summed E-state index contributed by atoms with van der Waals surface area (Å²) in [5, 5.41) is 7.49. The molecule has 0 aromatic carbocycles. The Balaban J connectivity index is 2.03. The maximum Gasteiger partial charge on any atom is 0.242 e. The van der Waals surface area contributed by atoms with Gasteiger partial charge in [-0.05, 0) is 18.8 Å². The van der Waals surface area contributed by atoms with Crippen molar-refractivity contribution in [1.29, 1.82) is 0 Å². The highest BCUT2D eigenvalue weighted by atomic mass is 16.2. The minimum Gasteiger partial charge on any atom is -0.320 e. The van der Waals surface area contributed by atoms with Crippen molar-refractivity contribution in [3.05, 3.63) is 11.8 Å². The van der Waals surface area contributed by atoms with Gasteiger partial charge in [-0.3, -0.25) is 9.48 Å². The van der Waals surface area contributed by atoms with E-state index in [4.69, 9.17) is 5.73 Å². The molecule has 5 heteroatoms. The zero-order chi connectivity index (χ0) is 15.4. The number of carbonyl (C=O) groups is 1. The van der Waals surface area contributed by atoms with Crippen LogP contribution in [0.25, 0.3) is 0 Å². The van der Waals surface area contributed by atoms with E-state index in [0.29, 0.717) is 5.92 Å². The number of nitrogens with two attached hydrogens (primary N) is 1. The molecule has 0 radical (unpaired) electrons. The maximum absolute atomic E-state index is 12.2. The first-order chi connectivity index (χ1) is 10.0. The van der Waals surface area contributed by atoms with E-state index < -0.39 is 6.04 Å². The summed E-state index contributed by atoms with van der Waals surface area (Å²) in [6.07, 6.45) is 7.20. The smallest absolute Gasteiger partial charge is 0.242 e. The second-order valence-electron chi connectivity index (χ2n) is 6.31. The molecule has 2 atom stereocenters. The molecule has 1 aliphatic rings. The number of aromatic nitrogens is 2. The average molecular weight is 292 g/mol. The fraction of sp³-hybridized carbons (Fsp3) is 0.750. The highest BCUT2D eigenvalue weighted by molar-refractivity contribution is 5.94. The van der Waals surface area contributed by atoms with Crippen LogP contribution in [0.15, 0.2) is 6.07 Å². The van der Waals surface area contributed by atoms with Gasteiger partial charge in [0.2, 0.25) is 5.91 Å². The number of anilines is 1.